The second-order valence-corrected chi connectivity index (χ2v) is 5.96. The summed E-state index contributed by atoms with van der Waals surface area (Å²) >= 11 is 11.4. The minimum absolute atomic E-state index is 0.0553. The van der Waals surface area contributed by atoms with E-state index in [4.69, 9.17) is 27.9 Å². The highest BCUT2D eigenvalue weighted by atomic mass is 35.5. The Hall–Kier alpha value is -2.45. The fraction of sp³-hybridized carbons (Fsp3) is 0.235. The molecule has 1 heterocycles. The van der Waals surface area contributed by atoms with Crippen LogP contribution in [0.2, 0.25) is 10.2 Å². The predicted octanol–water partition coefficient (Wildman–Crippen LogP) is 3.51. The van der Waals surface area contributed by atoms with E-state index in [9.17, 15) is 18.4 Å². The van der Waals surface area contributed by atoms with Gasteiger partial charge < -0.3 is 14.8 Å². The number of rotatable bonds is 8. The van der Waals surface area contributed by atoms with Crippen LogP contribution >= 0.6 is 23.2 Å². The summed E-state index contributed by atoms with van der Waals surface area (Å²) in [5, 5.41) is 2.73. The van der Waals surface area contributed by atoms with Crippen LogP contribution in [0.25, 0.3) is 0 Å². The molecule has 1 aromatic carbocycles. The maximum Gasteiger partial charge on any atom is 0.387 e. The molecule has 6 nitrogen and oxygen atoms in total. The number of carbonyl (C=O) groups excluding carboxylic acids is 2. The number of carbonyl (C=O) groups is 2. The molecule has 0 aliphatic carbocycles. The molecule has 27 heavy (non-hydrogen) atoms. The molecule has 144 valence electrons. The van der Waals surface area contributed by atoms with Crippen LogP contribution in [-0.2, 0) is 16.0 Å². The highest BCUT2D eigenvalue weighted by molar-refractivity contribution is 6.41. The summed E-state index contributed by atoms with van der Waals surface area (Å²) in [7, 11) is 0. The van der Waals surface area contributed by atoms with Gasteiger partial charge in [0.1, 0.15) is 10.9 Å². The molecule has 0 atom stereocenters. The van der Waals surface area contributed by atoms with E-state index in [0.717, 1.165) is 5.56 Å². The average Bonchev–Trinajstić information content (AvgIpc) is 2.63. The first kappa shape index (κ1) is 20.9. The third-order valence-electron chi connectivity index (χ3n) is 3.25. The first-order chi connectivity index (χ1) is 12.8. The Labute approximate surface area is 163 Å². The number of pyridine rings is 1. The van der Waals surface area contributed by atoms with Crippen molar-refractivity contribution in [2.24, 2.45) is 0 Å². The monoisotopic (exact) mass is 418 g/mol. The average molecular weight is 419 g/mol. The number of halogens is 4. The number of amides is 1. The lowest BCUT2D eigenvalue weighted by Crippen LogP contribution is -2.30. The van der Waals surface area contributed by atoms with E-state index in [-0.39, 0.29) is 28.0 Å². The highest BCUT2D eigenvalue weighted by Gasteiger charge is 2.12. The molecule has 0 spiro atoms. The van der Waals surface area contributed by atoms with Gasteiger partial charge in [0.25, 0.3) is 5.91 Å². The van der Waals surface area contributed by atoms with Crippen molar-refractivity contribution in [3.05, 3.63) is 57.8 Å². The van der Waals surface area contributed by atoms with E-state index in [0.29, 0.717) is 6.42 Å². The minimum atomic E-state index is -2.88. The number of hydrogen-bond donors (Lipinski definition) is 1. The lowest BCUT2D eigenvalue weighted by molar-refractivity contribution is -0.124. The summed E-state index contributed by atoms with van der Waals surface area (Å²) in [4.78, 5) is 27.2. The van der Waals surface area contributed by atoms with Gasteiger partial charge in [-0.25, -0.2) is 9.78 Å². The van der Waals surface area contributed by atoms with Gasteiger partial charge in [0.15, 0.2) is 6.61 Å². The number of benzene rings is 1. The normalized spacial score (nSPS) is 10.6. The Kier molecular flexibility index (Phi) is 7.75. The molecule has 1 aromatic heterocycles. The molecule has 0 radical (unpaired) electrons. The molecule has 0 bridgehead atoms. The maximum absolute atomic E-state index is 12.1. The Morgan fingerprint density at radius 1 is 1.19 bits per heavy atom. The second-order valence-electron chi connectivity index (χ2n) is 5.20. The second kappa shape index (κ2) is 10.0. The van der Waals surface area contributed by atoms with Gasteiger partial charge >= 0.3 is 12.6 Å². The van der Waals surface area contributed by atoms with Crippen molar-refractivity contribution in [3.8, 4) is 5.75 Å². The number of alkyl halides is 2. The van der Waals surface area contributed by atoms with Gasteiger partial charge in [-0.3, -0.25) is 4.79 Å². The lowest BCUT2D eigenvalue weighted by atomic mass is 10.1. The fourth-order valence-electron chi connectivity index (χ4n) is 1.98. The minimum Gasteiger partial charge on any atom is -0.452 e. The van der Waals surface area contributed by atoms with Crippen molar-refractivity contribution in [1.29, 1.82) is 0 Å². The van der Waals surface area contributed by atoms with Gasteiger partial charge in [-0.05, 0) is 30.2 Å². The molecule has 2 rings (SSSR count). The largest absolute Gasteiger partial charge is 0.452 e. The fourth-order valence-corrected chi connectivity index (χ4v) is 2.25. The predicted molar refractivity (Wildman–Crippen MR) is 94.3 cm³/mol. The van der Waals surface area contributed by atoms with Crippen LogP contribution < -0.4 is 10.1 Å². The van der Waals surface area contributed by atoms with Crippen molar-refractivity contribution in [2.75, 3.05) is 13.2 Å². The summed E-state index contributed by atoms with van der Waals surface area (Å²) in [6.07, 6.45) is 1.65. The lowest BCUT2D eigenvalue weighted by Gasteiger charge is -2.08. The quantitative estimate of drug-likeness (QED) is 0.524. The van der Waals surface area contributed by atoms with Crippen LogP contribution in [0.4, 0.5) is 8.78 Å². The van der Waals surface area contributed by atoms with Gasteiger partial charge in [0.2, 0.25) is 0 Å². The van der Waals surface area contributed by atoms with Crippen molar-refractivity contribution >= 4 is 35.1 Å². The molecule has 0 aliphatic rings. The molecular weight excluding hydrogens is 405 g/mol. The van der Waals surface area contributed by atoms with E-state index in [2.05, 4.69) is 15.0 Å². The van der Waals surface area contributed by atoms with E-state index in [1.807, 2.05) is 0 Å². The third kappa shape index (κ3) is 6.99. The molecule has 0 aliphatic heterocycles. The number of hydrogen-bond acceptors (Lipinski definition) is 5. The topological polar surface area (TPSA) is 77.5 Å². The molecule has 1 N–H and O–H groups in total. The first-order valence-electron chi connectivity index (χ1n) is 7.64. The zero-order valence-electron chi connectivity index (χ0n) is 13.8. The molecule has 10 heteroatoms. The van der Waals surface area contributed by atoms with Crippen LogP contribution in [0, 0.1) is 0 Å². The van der Waals surface area contributed by atoms with Crippen LogP contribution in [0.1, 0.15) is 15.9 Å². The van der Waals surface area contributed by atoms with Gasteiger partial charge in [0, 0.05) is 12.7 Å². The smallest absolute Gasteiger partial charge is 0.387 e. The van der Waals surface area contributed by atoms with Crippen molar-refractivity contribution in [1.82, 2.24) is 10.3 Å². The van der Waals surface area contributed by atoms with Crippen LogP contribution in [-0.4, -0.2) is 36.6 Å². The SMILES string of the molecule is O=C(COC(=O)c1cnc(Cl)c(Cl)c1)NCCc1ccc(OC(F)F)cc1. The van der Waals surface area contributed by atoms with Gasteiger partial charge in [0.05, 0.1) is 10.6 Å². The summed E-state index contributed by atoms with van der Waals surface area (Å²) in [5.41, 5.74) is 0.888. The number of esters is 1. The highest BCUT2D eigenvalue weighted by Crippen LogP contribution is 2.20. The van der Waals surface area contributed by atoms with E-state index in [1.165, 1.54) is 24.4 Å². The Balaban J connectivity index is 1.71. The molecule has 1 amide bonds. The van der Waals surface area contributed by atoms with Crippen LogP contribution in [0.15, 0.2) is 36.5 Å². The zero-order chi connectivity index (χ0) is 19.8. The van der Waals surface area contributed by atoms with Crippen molar-refractivity contribution in [2.45, 2.75) is 13.0 Å². The van der Waals surface area contributed by atoms with Crippen molar-refractivity contribution < 1.29 is 27.8 Å². The Bertz CT molecular complexity index is 804. The zero-order valence-corrected chi connectivity index (χ0v) is 15.3. The summed E-state index contributed by atoms with van der Waals surface area (Å²) < 4.78 is 33.2. The Morgan fingerprint density at radius 3 is 2.52 bits per heavy atom. The molecule has 0 fully saturated rings. The number of ether oxygens (including phenoxy) is 2. The van der Waals surface area contributed by atoms with Gasteiger partial charge in [-0.15, -0.1) is 0 Å². The summed E-state index contributed by atoms with van der Waals surface area (Å²) in [6.45, 7) is -3.07. The maximum atomic E-state index is 12.1. The van der Waals surface area contributed by atoms with E-state index >= 15 is 0 Å². The standard InChI is InChI=1S/C17H14Cl2F2N2O4/c18-13-7-11(8-23-15(13)19)16(25)26-9-14(24)22-6-5-10-1-3-12(4-2-10)27-17(20)21/h1-4,7-8,17H,5-6,9H2,(H,22,24). The molecule has 0 saturated carbocycles. The number of nitrogens with zero attached hydrogens (tertiary/aromatic N) is 1. The van der Waals surface area contributed by atoms with Crippen LogP contribution in [0.3, 0.4) is 0 Å². The summed E-state index contributed by atoms with van der Waals surface area (Å²) in [5.74, 6) is -1.19. The number of nitrogens with one attached hydrogen (secondary N) is 1. The third-order valence-corrected chi connectivity index (χ3v) is 3.94. The van der Waals surface area contributed by atoms with Crippen molar-refractivity contribution in [3.63, 3.8) is 0 Å². The van der Waals surface area contributed by atoms with E-state index in [1.54, 1.807) is 12.1 Å². The van der Waals surface area contributed by atoms with Gasteiger partial charge in [-0.2, -0.15) is 8.78 Å². The summed E-state index contributed by atoms with van der Waals surface area (Å²) in [6, 6.07) is 7.34. The number of aromatic nitrogens is 1. The Morgan fingerprint density at radius 2 is 1.89 bits per heavy atom. The first-order valence-corrected chi connectivity index (χ1v) is 8.39. The van der Waals surface area contributed by atoms with Gasteiger partial charge in [-0.1, -0.05) is 35.3 Å². The molecular formula is C17H14Cl2F2N2O4. The van der Waals surface area contributed by atoms with E-state index < -0.39 is 25.1 Å². The molecule has 0 saturated heterocycles. The molecule has 2 aromatic rings. The van der Waals surface area contributed by atoms with Crippen LogP contribution in [0.5, 0.6) is 5.75 Å². The molecule has 0 unspecified atom stereocenters.